The van der Waals surface area contributed by atoms with E-state index in [0.29, 0.717) is 33.4 Å². The van der Waals surface area contributed by atoms with Crippen LogP contribution in [0.5, 0.6) is 5.75 Å². The fourth-order valence-electron chi connectivity index (χ4n) is 3.46. The Morgan fingerprint density at radius 3 is 2.46 bits per heavy atom. The normalized spacial score (nSPS) is 11.6. The highest BCUT2D eigenvalue weighted by Gasteiger charge is 2.28. The van der Waals surface area contributed by atoms with E-state index >= 15 is 0 Å². The minimum Gasteiger partial charge on any atom is -0.483 e. The molecule has 0 saturated heterocycles. The molecule has 0 spiro atoms. The number of alkyl halides is 3. The van der Waals surface area contributed by atoms with Crippen LogP contribution in [0.4, 0.5) is 13.2 Å². The van der Waals surface area contributed by atoms with Gasteiger partial charge in [-0.2, -0.15) is 18.4 Å². The molecule has 0 amide bonds. The molecular formula is C26H15ClF3N7O2. The molecule has 5 rings (SSSR count). The van der Waals surface area contributed by atoms with Gasteiger partial charge < -0.3 is 9.15 Å². The third kappa shape index (κ3) is 5.94. The number of rotatable bonds is 7. The number of ether oxygens (including phenoxy) is 1. The largest absolute Gasteiger partial charge is 0.483 e. The van der Waals surface area contributed by atoms with Crippen molar-refractivity contribution in [1.29, 1.82) is 5.26 Å². The number of halogens is 4. The molecule has 194 valence electrons. The Kier molecular flexibility index (Phi) is 7.07. The highest BCUT2D eigenvalue weighted by atomic mass is 35.5. The molecule has 0 unspecified atom stereocenters. The van der Waals surface area contributed by atoms with Crippen molar-refractivity contribution in [1.82, 2.24) is 29.9 Å². The van der Waals surface area contributed by atoms with Crippen LogP contribution in [0.3, 0.4) is 0 Å². The van der Waals surface area contributed by atoms with E-state index in [1.54, 1.807) is 65.3 Å². The maximum atomic E-state index is 12.5. The number of para-hydroxylation sites is 1. The van der Waals surface area contributed by atoms with Crippen LogP contribution in [-0.4, -0.2) is 42.7 Å². The number of pyridine rings is 1. The Hall–Kier alpha value is -5.02. The van der Waals surface area contributed by atoms with Gasteiger partial charge >= 0.3 is 6.18 Å². The van der Waals surface area contributed by atoms with E-state index in [0.717, 1.165) is 0 Å². The molecule has 0 fully saturated rings. The smallest absolute Gasteiger partial charge is 0.422 e. The first kappa shape index (κ1) is 25.6. The van der Waals surface area contributed by atoms with Crippen LogP contribution in [0.2, 0.25) is 5.02 Å². The Balaban J connectivity index is 1.46. The lowest BCUT2D eigenvalue weighted by molar-refractivity contribution is -0.153. The predicted octanol–water partition coefficient (Wildman–Crippen LogP) is 6.02. The minimum absolute atomic E-state index is 0.0468. The average Bonchev–Trinajstić information content (AvgIpc) is 3.58. The molecule has 9 nitrogen and oxygen atoms in total. The number of benzene rings is 2. The molecule has 0 radical (unpaired) electrons. The van der Waals surface area contributed by atoms with Gasteiger partial charge in [-0.25, -0.2) is 4.98 Å². The van der Waals surface area contributed by atoms with Crippen LogP contribution in [0, 0.1) is 11.3 Å². The monoisotopic (exact) mass is 549 g/mol. The summed E-state index contributed by atoms with van der Waals surface area (Å²) in [4.78, 5) is 4.20. The van der Waals surface area contributed by atoms with Gasteiger partial charge in [0.25, 0.3) is 0 Å². The van der Waals surface area contributed by atoms with Crippen LogP contribution >= 0.6 is 11.6 Å². The molecule has 3 heterocycles. The van der Waals surface area contributed by atoms with E-state index < -0.39 is 12.8 Å². The summed E-state index contributed by atoms with van der Waals surface area (Å²) >= 11 is 6.46. The van der Waals surface area contributed by atoms with Crippen LogP contribution < -0.4 is 4.74 Å². The zero-order valence-corrected chi connectivity index (χ0v) is 20.4. The van der Waals surface area contributed by atoms with Gasteiger partial charge in [-0.15, -0.1) is 20.4 Å². The highest BCUT2D eigenvalue weighted by Crippen LogP contribution is 2.29. The zero-order chi connectivity index (χ0) is 27.4. The molecule has 0 N–H and O–H groups in total. The number of hydrogen-bond acceptors (Lipinski definition) is 8. The van der Waals surface area contributed by atoms with E-state index in [-0.39, 0.29) is 23.4 Å². The van der Waals surface area contributed by atoms with Gasteiger partial charge in [0.1, 0.15) is 11.4 Å². The van der Waals surface area contributed by atoms with Crippen molar-refractivity contribution < 1.29 is 22.3 Å². The molecule has 0 atom stereocenters. The zero-order valence-electron chi connectivity index (χ0n) is 19.7. The second kappa shape index (κ2) is 10.8. The third-order valence-electron chi connectivity index (χ3n) is 5.23. The lowest BCUT2D eigenvalue weighted by atomic mass is 10.1. The topological polar surface area (TPSA) is 116 Å². The summed E-state index contributed by atoms with van der Waals surface area (Å²) in [5, 5.41) is 25.9. The van der Waals surface area contributed by atoms with Gasteiger partial charge in [0.05, 0.1) is 28.5 Å². The van der Waals surface area contributed by atoms with Gasteiger partial charge in [-0.1, -0.05) is 23.7 Å². The van der Waals surface area contributed by atoms with Crippen molar-refractivity contribution in [2.45, 2.75) is 6.18 Å². The van der Waals surface area contributed by atoms with E-state index in [1.165, 1.54) is 18.3 Å². The molecule has 2 aromatic carbocycles. The maximum absolute atomic E-state index is 12.5. The summed E-state index contributed by atoms with van der Waals surface area (Å²) in [6.07, 6.45) is -0.157. The highest BCUT2D eigenvalue weighted by molar-refractivity contribution is 6.32. The Morgan fingerprint density at radius 1 is 0.974 bits per heavy atom. The summed E-state index contributed by atoms with van der Waals surface area (Å²) in [5.41, 5.74) is 2.02. The quantitative estimate of drug-likeness (QED) is 0.242. The van der Waals surface area contributed by atoms with Crippen molar-refractivity contribution in [2.24, 2.45) is 0 Å². The molecule has 0 bridgehead atoms. The van der Waals surface area contributed by atoms with E-state index in [2.05, 4.69) is 25.4 Å². The molecule has 5 aromatic rings. The second-order valence-corrected chi connectivity index (χ2v) is 8.33. The van der Waals surface area contributed by atoms with Crippen molar-refractivity contribution in [3.8, 4) is 40.5 Å². The van der Waals surface area contributed by atoms with Crippen molar-refractivity contribution >= 4 is 23.8 Å². The minimum atomic E-state index is -4.47. The fourth-order valence-corrected chi connectivity index (χ4v) is 3.68. The van der Waals surface area contributed by atoms with Gasteiger partial charge in [0.2, 0.25) is 11.8 Å². The molecule has 0 aliphatic carbocycles. The molecule has 0 saturated carbocycles. The van der Waals surface area contributed by atoms with Gasteiger partial charge in [-0.05, 0) is 54.6 Å². The van der Waals surface area contributed by atoms with Gasteiger partial charge in [-0.3, -0.25) is 4.57 Å². The summed E-state index contributed by atoms with van der Waals surface area (Å²) in [7, 11) is 0. The number of hydrogen-bond donors (Lipinski definition) is 0. The molecule has 39 heavy (non-hydrogen) atoms. The van der Waals surface area contributed by atoms with Gasteiger partial charge in [0, 0.05) is 11.6 Å². The number of nitriles is 1. The summed E-state index contributed by atoms with van der Waals surface area (Å²) in [5.74, 6) is 1.04. The van der Waals surface area contributed by atoms with Crippen molar-refractivity contribution in [3.05, 3.63) is 89.2 Å². The van der Waals surface area contributed by atoms with Crippen molar-refractivity contribution in [2.75, 3.05) is 6.61 Å². The maximum Gasteiger partial charge on any atom is 0.422 e. The fraction of sp³-hybridized carbons (Fsp3) is 0.0769. The predicted molar refractivity (Wildman–Crippen MR) is 135 cm³/mol. The second-order valence-electron chi connectivity index (χ2n) is 7.92. The lowest BCUT2D eigenvalue weighted by Crippen LogP contribution is -2.19. The molecule has 3 aromatic heterocycles. The first-order chi connectivity index (χ1) is 18.8. The Morgan fingerprint density at radius 2 is 1.77 bits per heavy atom. The van der Waals surface area contributed by atoms with Crippen LogP contribution in [0.15, 0.2) is 71.3 Å². The average molecular weight is 550 g/mol. The first-order valence-electron chi connectivity index (χ1n) is 11.2. The molecule has 13 heteroatoms. The summed E-state index contributed by atoms with van der Waals surface area (Å²) < 4.78 is 49.5. The van der Waals surface area contributed by atoms with Gasteiger partial charge in [0.15, 0.2) is 18.3 Å². The Labute approximate surface area is 223 Å². The molecule has 0 aliphatic heterocycles. The van der Waals surface area contributed by atoms with Crippen LogP contribution in [-0.2, 0) is 0 Å². The van der Waals surface area contributed by atoms with E-state index in [4.69, 9.17) is 26.0 Å². The number of nitrogens with zero attached hydrogens (tertiary/aromatic N) is 7. The molecule has 0 aliphatic rings. The summed E-state index contributed by atoms with van der Waals surface area (Å²) in [6.45, 7) is -1.43. The third-order valence-corrected chi connectivity index (χ3v) is 5.55. The Bertz CT molecular complexity index is 1670. The molecular weight excluding hydrogens is 535 g/mol. The first-order valence-corrected chi connectivity index (χ1v) is 11.6. The summed E-state index contributed by atoms with van der Waals surface area (Å²) in [6, 6.07) is 18.6. The van der Waals surface area contributed by atoms with E-state index in [9.17, 15) is 13.2 Å². The standard InChI is InChI=1S/C26H15ClF3N7O2/c27-19-3-1-2-4-21(19)37-22(11-12-23-34-36-25(39-23)17-7-5-16(13-31)6-8-17)33-35-24(37)20-10-9-18(14-32-20)38-15-26(28,29)30/h1-12,14H,15H2. The van der Waals surface area contributed by atoms with Crippen LogP contribution in [0.1, 0.15) is 17.3 Å². The van der Waals surface area contributed by atoms with Crippen LogP contribution in [0.25, 0.3) is 40.8 Å². The van der Waals surface area contributed by atoms with E-state index in [1.807, 2.05) is 6.07 Å². The SMILES string of the molecule is N#Cc1ccc(-c2nnc(C=Cc3nnc(-c4ccc(OCC(F)(F)F)cn4)n3-c3ccccc3Cl)o2)cc1. The lowest BCUT2D eigenvalue weighted by Gasteiger charge is -2.11. The van der Waals surface area contributed by atoms with Crippen molar-refractivity contribution in [3.63, 3.8) is 0 Å². The number of aromatic nitrogens is 6.